The van der Waals surface area contributed by atoms with Crippen molar-refractivity contribution < 1.29 is 19.0 Å². The number of fused-ring (bicyclic) bond motifs is 2. The zero-order valence-corrected chi connectivity index (χ0v) is 14.2. The molecular formula is C19H17N3O4. The molecule has 1 aliphatic rings. The normalized spacial score (nSPS) is 12.2. The highest BCUT2D eigenvalue weighted by Gasteiger charge is 2.16. The summed E-state index contributed by atoms with van der Waals surface area (Å²) >= 11 is 0. The van der Waals surface area contributed by atoms with Gasteiger partial charge in [0.05, 0.1) is 12.1 Å². The quantitative estimate of drug-likeness (QED) is 0.707. The van der Waals surface area contributed by atoms with Gasteiger partial charge in [0.1, 0.15) is 5.82 Å². The monoisotopic (exact) mass is 351 g/mol. The van der Waals surface area contributed by atoms with Crippen LogP contribution < -0.4 is 14.8 Å². The molecule has 0 saturated carbocycles. The maximum Gasteiger partial charge on any atom is 0.376 e. The molecule has 132 valence electrons. The molecular weight excluding hydrogens is 334 g/mol. The summed E-state index contributed by atoms with van der Waals surface area (Å²) < 4.78 is 15.7. The molecule has 26 heavy (non-hydrogen) atoms. The number of benzene rings is 2. The summed E-state index contributed by atoms with van der Waals surface area (Å²) in [5.41, 5.74) is 1.69. The third-order valence-electron chi connectivity index (χ3n) is 3.96. The molecule has 0 atom stereocenters. The second-order valence-electron chi connectivity index (χ2n) is 5.67. The Morgan fingerprint density at radius 3 is 2.88 bits per heavy atom. The van der Waals surface area contributed by atoms with Crippen LogP contribution in [0.15, 0.2) is 42.5 Å². The van der Waals surface area contributed by atoms with Crippen LogP contribution in [-0.2, 0) is 11.3 Å². The van der Waals surface area contributed by atoms with Gasteiger partial charge in [0.25, 0.3) is 0 Å². The summed E-state index contributed by atoms with van der Waals surface area (Å²) in [7, 11) is 0. The number of anilines is 1. The first-order chi connectivity index (χ1) is 12.7. The highest BCUT2D eigenvalue weighted by Crippen LogP contribution is 2.32. The van der Waals surface area contributed by atoms with Crippen molar-refractivity contribution in [3.05, 3.63) is 53.9 Å². The molecule has 0 spiro atoms. The van der Waals surface area contributed by atoms with Gasteiger partial charge in [0.2, 0.25) is 12.6 Å². The average molecular weight is 351 g/mol. The molecule has 7 heteroatoms. The van der Waals surface area contributed by atoms with Gasteiger partial charge < -0.3 is 19.5 Å². The summed E-state index contributed by atoms with van der Waals surface area (Å²) in [4.78, 5) is 20.7. The van der Waals surface area contributed by atoms with Gasteiger partial charge in [-0.1, -0.05) is 18.2 Å². The van der Waals surface area contributed by atoms with E-state index in [0.29, 0.717) is 17.9 Å². The first-order valence-corrected chi connectivity index (χ1v) is 8.31. The van der Waals surface area contributed by atoms with Crippen LogP contribution in [0.25, 0.3) is 10.9 Å². The summed E-state index contributed by atoms with van der Waals surface area (Å²) in [6, 6.07) is 13.3. The van der Waals surface area contributed by atoms with E-state index in [1.807, 2.05) is 42.5 Å². The van der Waals surface area contributed by atoms with E-state index < -0.39 is 5.97 Å². The zero-order chi connectivity index (χ0) is 17.9. The summed E-state index contributed by atoms with van der Waals surface area (Å²) in [6.07, 6.45) is 0. The van der Waals surface area contributed by atoms with E-state index >= 15 is 0 Å². The molecule has 1 aliphatic heterocycles. The summed E-state index contributed by atoms with van der Waals surface area (Å²) in [5.74, 6) is 1.55. The molecule has 0 bridgehead atoms. The van der Waals surface area contributed by atoms with Gasteiger partial charge in [-0.05, 0) is 36.8 Å². The Balaban J connectivity index is 1.63. The number of carbonyl (C=O) groups excluding carboxylic acids is 1. The highest BCUT2D eigenvalue weighted by atomic mass is 16.7. The van der Waals surface area contributed by atoms with Gasteiger partial charge in [0, 0.05) is 11.9 Å². The van der Waals surface area contributed by atoms with E-state index in [0.717, 1.165) is 22.4 Å². The van der Waals surface area contributed by atoms with Crippen molar-refractivity contribution >= 4 is 22.7 Å². The Morgan fingerprint density at radius 1 is 1.15 bits per heavy atom. The van der Waals surface area contributed by atoms with Crippen molar-refractivity contribution in [2.24, 2.45) is 0 Å². The summed E-state index contributed by atoms with van der Waals surface area (Å²) in [6.45, 7) is 2.78. The van der Waals surface area contributed by atoms with Gasteiger partial charge >= 0.3 is 5.97 Å². The number of ether oxygens (including phenoxy) is 3. The second-order valence-corrected chi connectivity index (χ2v) is 5.67. The van der Waals surface area contributed by atoms with E-state index in [1.54, 1.807) is 6.92 Å². The van der Waals surface area contributed by atoms with Gasteiger partial charge in [-0.15, -0.1) is 0 Å². The molecule has 0 fully saturated rings. The van der Waals surface area contributed by atoms with Crippen molar-refractivity contribution in [2.45, 2.75) is 13.5 Å². The molecule has 0 radical (unpaired) electrons. The van der Waals surface area contributed by atoms with Crippen LogP contribution in [0.2, 0.25) is 0 Å². The van der Waals surface area contributed by atoms with Crippen LogP contribution in [0.4, 0.5) is 5.82 Å². The predicted molar refractivity (Wildman–Crippen MR) is 95.4 cm³/mol. The first-order valence-electron chi connectivity index (χ1n) is 8.31. The van der Waals surface area contributed by atoms with Crippen LogP contribution in [0.1, 0.15) is 23.1 Å². The van der Waals surface area contributed by atoms with E-state index in [2.05, 4.69) is 15.3 Å². The molecule has 4 rings (SSSR count). The maximum absolute atomic E-state index is 12.0. The highest BCUT2D eigenvalue weighted by molar-refractivity contribution is 5.94. The number of hydrogen-bond donors (Lipinski definition) is 1. The topological polar surface area (TPSA) is 82.6 Å². The average Bonchev–Trinajstić information content (AvgIpc) is 3.14. The lowest BCUT2D eigenvalue weighted by molar-refractivity contribution is 0.0512. The number of para-hydroxylation sites is 1. The zero-order valence-electron chi connectivity index (χ0n) is 14.2. The molecule has 0 amide bonds. The standard InChI is InChI=1S/C19H17N3O4/c1-2-24-19(23)18-21-14-6-4-3-5-13(14)17(22-18)20-10-12-7-8-15-16(9-12)26-11-25-15/h3-9H,2,10-11H2,1H3,(H,20,21,22). The second kappa shape index (κ2) is 6.87. The van der Waals surface area contributed by atoms with Gasteiger partial charge in [-0.3, -0.25) is 0 Å². The van der Waals surface area contributed by atoms with Crippen molar-refractivity contribution in [1.29, 1.82) is 0 Å². The van der Waals surface area contributed by atoms with Gasteiger partial charge in [-0.2, -0.15) is 0 Å². The predicted octanol–water partition coefficient (Wildman–Crippen LogP) is 3.15. The van der Waals surface area contributed by atoms with Crippen LogP contribution in [0, 0.1) is 0 Å². The fraction of sp³-hybridized carbons (Fsp3) is 0.211. The number of esters is 1. The lowest BCUT2D eigenvalue weighted by atomic mass is 10.2. The maximum atomic E-state index is 12.0. The fourth-order valence-electron chi connectivity index (χ4n) is 2.73. The van der Waals surface area contributed by atoms with E-state index in [4.69, 9.17) is 14.2 Å². The third kappa shape index (κ3) is 3.11. The van der Waals surface area contributed by atoms with Crippen molar-refractivity contribution in [3.8, 4) is 11.5 Å². The minimum Gasteiger partial charge on any atom is -0.460 e. The Bertz CT molecular complexity index is 974. The summed E-state index contributed by atoms with van der Waals surface area (Å²) in [5, 5.41) is 4.11. The van der Waals surface area contributed by atoms with Crippen molar-refractivity contribution in [2.75, 3.05) is 18.7 Å². The van der Waals surface area contributed by atoms with E-state index in [-0.39, 0.29) is 19.2 Å². The van der Waals surface area contributed by atoms with Gasteiger partial charge in [-0.25, -0.2) is 14.8 Å². The van der Waals surface area contributed by atoms with Crippen LogP contribution in [0.5, 0.6) is 11.5 Å². The molecule has 2 heterocycles. The largest absolute Gasteiger partial charge is 0.460 e. The molecule has 3 aromatic rings. The first kappa shape index (κ1) is 16.1. The van der Waals surface area contributed by atoms with Crippen LogP contribution in [0.3, 0.4) is 0 Å². The lowest BCUT2D eigenvalue weighted by Crippen LogP contribution is -2.12. The van der Waals surface area contributed by atoms with E-state index in [1.165, 1.54) is 0 Å². The molecule has 0 saturated heterocycles. The van der Waals surface area contributed by atoms with Crippen molar-refractivity contribution in [1.82, 2.24) is 9.97 Å². The number of nitrogens with zero attached hydrogens (tertiary/aromatic N) is 2. The minimum absolute atomic E-state index is 0.0405. The van der Waals surface area contributed by atoms with Crippen LogP contribution >= 0.6 is 0 Å². The molecule has 7 nitrogen and oxygen atoms in total. The molecule has 2 aromatic carbocycles. The number of nitrogens with one attached hydrogen (secondary N) is 1. The third-order valence-corrected chi connectivity index (χ3v) is 3.96. The van der Waals surface area contributed by atoms with Crippen molar-refractivity contribution in [3.63, 3.8) is 0 Å². The Kier molecular flexibility index (Phi) is 4.27. The number of carbonyl (C=O) groups is 1. The molecule has 0 unspecified atom stereocenters. The Hall–Kier alpha value is -3.35. The number of rotatable bonds is 5. The molecule has 0 aliphatic carbocycles. The van der Waals surface area contributed by atoms with Crippen LogP contribution in [-0.4, -0.2) is 29.3 Å². The Morgan fingerprint density at radius 2 is 2.00 bits per heavy atom. The Labute approximate surface area is 149 Å². The minimum atomic E-state index is -0.538. The molecule has 1 N–H and O–H groups in total. The fourth-order valence-corrected chi connectivity index (χ4v) is 2.73. The lowest BCUT2D eigenvalue weighted by Gasteiger charge is -2.11. The molecule has 1 aromatic heterocycles. The number of aromatic nitrogens is 2. The SMILES string of the molecule is CCOC(=O)c1nc(NCc2ccc3c(c2)OCO3)c2ccccc2n1. The number of hydrogen-bond acceptors (Lipinski definition) is 7. The van der Waals surface area contributed by atoms with E-state index in [9.17, 15) is 4.79 Å². The van der Waals surface area contributed by atoms with Gasteiger partial charge in [0.15, 0.2) is 11.5 Å². The smallest absolute Gasteiger partial charge is 0.376 e.